The molecule has 1 aliphatic heterocycles. The Kier molecular flexibility index (Phi) is 3.80. The molecule has 1 unspecified atom stereocenters. The highest BCUT2D eigenvalue weighted by Crippen LogP contribution is 2.24. The van der Waals surface area contributed by atoms with Crippen molar-refractivity contribution in [2.24, 2.45) is 0 Å². The van der Waals surface area contributed by atoms with Gasteiger partial charge in [-0.3, -0.25) is 0 Å². The van der Waals surface area contributed by atoms with E-state index in [0.717, 1.165) is 24.2 Å². The third-order valence-electron chi connectivity index (χ3n) is 3.29. The average molecular weight is 221 g/mol. The van der Waals surface area contributed by atoms with E-state index in [-0.39, 0.29) is 19.3 Å². The summed E-state index contributed by atoms with van der Waals surface area (Å²) in [6.45, 7) is 1.33. The van der Waals surface area contributed by atoms with Crippen molar-refractivity contribution >= 4 is 5.69 Å². The van der Waals surface area contributed by atoms with E-state index < -0.39 is 0 Å². The van der Waals surface area contributed by atoms with E-state index in [2.05, 4.69) is 4.90 Å². The van der Waals surface area contributed by atoms with Gasteiger partial charge in [0.2, 0.25) is 0 Å². The second-order valence-corrected chi connectivity index (χ2v) is 4.35. The normalized spacial score (nSPS) is 21.1. The number of aliphatic hydroxyl groups excluding tert-OH is 2. The van der Waals surface area contributed by atoms with Gasteiger partial charge < -0.3 is 15.1 Å². The summed E-state index contributed by atoms with van der Waals surface area (Å²) in [6.07, 6.45) is 3.47. The van der Waals surface area contributed by atoms with Gasteiger partial charge in [-0.2, -0.15) is 0 Å². The number of hydrogen-bond acceptors (Lipinski definition) is 3. The highest BCUT2D eigenvalue weighted by atomic mass is 16.3. The molecule has 1 aromatic carbocycles. The molecule has 1 atom stereocenters. The molecular formula is C13H19NO2. The fourth-order valence-corrected chi connectivity index (χ4v) is 2.32. The van der Waals surface area contributed by atoms with Crippen molar-refractivity contribution in [1.29, 1.82) is 0 Å². The summed E-state index contributed by atoms with van der Waals surface area (Å²) < 4.78 is 0. The standard InChI is InChI=1S/C13H19NO2/c15-9-11-4-6-12(7-5-11)14-8-2-1-3-13(14)10-16/h4-7,13,15-16H,1-3,8-10H2. The Balaban J connectivity index is 2.14. The number of hydrogen-bond donors (Lipinski definition) is 2. The molecule has 0 bridgehead atoms. The van der Waals surface area contributed by atoms with Gasteiger partial charge in [-0.25, -0.2) is 0 Å². The molecule has 0 aliphatic carbocycles. The maximum Gasteiger partial charge on any atom is 0.0681 e. The van der Waals surface area contributed by atoms with Gasteiger partial charge >= 0.3 is 0 Å². The van der Waals surface area contributed by atoms with Crippen LogP contribution in [0.5, 0.6) is 0 Å². The third-order valence-corrected chi connectivity index (χ3v) is 3.29. The van der Waals surface area contributed by atoms with E-state index in [1.807, 2.05) is 24.3 Å². The molecule has 3 heteroatoms. The lowest BCUT2D eigenvalue weighted by molar-refractivity contribution is 0.240. The van der Waals surface area contributed by atoms with E-state index in [4.69, 9.17) is 5.11 Å². The van der Waals surface area contributed by atoms with Crippen molar-refractivity contribution in [3.63, 3.8) is 0 Å². The van der Waals surface area contributed by atoms with Crippen molar-refractivity contribution < 1.29 is 10.2 Å². The topological polar surface area (TPSA) is 43.7 Å². The Morgan fingerprint density at radius 3 is 2.50 bits per heavy atom. The quantitative estimate of drug-likeness (QED) is 0.813. The van der Waals surface area contributed by atoms with Crippen molar-refractivity contribution in [3.05, 3.63) is 29.8 Å². The van der Waals surface area contributed by atoms with Crippen LogP contribution in [-0.2, 0) is 6.61 Å². The predicted molar refractivity (Wildman–Crippen MR) is 64.4 cm³/mol. The zero-order valence-corrected chi connectivity index (χ0v) is 9.47. The molecule has 1 saturated heterocycles. The molecule has 0 amide bonds. The van der Waals surface area contributed by atoms with Crippen molar-refractivity contribution in [2.75, 3.05) is 18.1 Å². The van der Waals surface area contributed by atoms with Crippen LogP contribution >= 0.6 is 0 Å². The molecule has 0 saturated carbocycles. The average Bonchev–Trinajstić information content (AvgIpc) is 2.39. The van der Waals surface area contributed by atoms with Crippen LogP contribution in [0.4, 0.5) is 5.69 Å². The second kappa shape index (κ2) is 5.32. The molecule has 16 heavy (non-hydrogen) atoms. The van der Waals surface area contributed by atoms with Crippen molar-refractivity contribution in [3.8, 4) is 0 Å². The molecule has 2 rings (SSSR count). The Bertz CT molecular complexity index is 323. The lowest BCUT2D eigenvalue weighted by Crippen LogP contribution is -2.41. The molecule has 1 aliphatic rings. The minimum absolute atomic E-state index is 0.0870. The molecule has 0 aromatic heterocycles. The first kappa shape index (κ1) is 11.4. The molecule has 1 heterocycles. The molecule has 0 radical (unpaired) electrons. The summed E-state index contributed by atoms with van der Waals surface area (Å²) >= 11 is 0. The molecule has 2 N–H and O–H groups in total. The highest BCUT2D eigenvalue weighted by molar-refractivity contribution is 5.49. The van der Waals surface area contributed by atoms with Gasteiger partial charge in [0.05, 0.1) is 19.3 Å². The first-order valence-corrected chi connectivity index (χ1v) is 5.92. The van der Waals surface area contributed by atoms with E-state index in [0.29, 0.717) is 0 Å². The minimum atomic E-state index is 0.0870. The second-order valence-electron chi connectivity index (χ2n) is 4.35. The predicted octanol–water partition coefficient (Wildman–Crippen LogP) is 1.53. The number of piperidine rings is 1. The van der Waals surface area contributed by atoms with Crippen LogP contribution in [0.2, 0.25) is 0 Å². The summed E-state index contributed by atoms with van der Waals surface area (Å²) in [5, 5.41) is 18.3. The Morgan fingerprint density at radius 1 is 1.12 bits per heavy atom. The summed E-state index contributed by atoms with van der Waals surface area (Å²) in [6, 6.07) is 8.20. The van der Waals surface area contributed by atoms with E-state index in [1.165, 1.54) is 12.8 Å². The zero-order chi connectivity index (χ0) is 11.4. The van der Waals surface area contributed by atoms with Crippen LogP contribution in [-0.4, -0.2) is 29.4 Å². The maximum absolute atomic E-state index is 9.34. The monoisotopic (exact) mass is 221 g/mol. The van der Waals surface area contributed by atoms with Crippen LogP contribution in [0.3, 0.4) is 0 Å². The summed E-state index contributed by atoms with van der Waals surface area (Å²) in [4.78, 5) is 2.27. The van der Waals surface area contributed by atoms with Gasteiger partial charge in [0, 0.05) is 12.2 Å². The number of nitrogens with zero attached hydrogens (tertiary/aromatic N) is 1. The zero-order valence-electron chi connectivity index (χ0n) is 9.47. The molecule has 88 valence electrons. The Morgan fingerprint density at radius 2 is 1.88 bits per heavy atom. The van der Waals surface area contributed by atoms with Crippen molar-refractivity contribution in [2.45, 2.75) is 31.9 Å². The van der Waals surface area contributed by atoms with Crippen LogP contribution in [0.15, 0.2) is 24.3 Å². The van der Waals surface area contributed by atoms with Gasteiger partial charge in [0.15, 0.2) is 0 Å². The summed E-state index contributed by atoms with van der Waals surface area (Å²) in [5.41, 5.74) is 2.08. The summed E-state index contributed by atoms with van der Waals surface area (Å²) in [7, 11) is 0. The number of anilines is 1. The SMILES string of the molecule is OCc1ccc(N2CCCCC2CO)cc1. The lowest BCUT2D eigenvalue weighted by atomic mass is 10.0. The number of rotatable bonds is 3. The molecular weight excluding hydrogens is 202 g/mol. The first-order valence-electron chi connectivity index (χ1n) is 5.92. The first-order chi connectivity index (χ1) is 7.85. The van der Waals surface area contributed by atoms with Gasteiger partial charge in [0.25, 0.3) is 0 Å². The number of aliphatic hydroxyl groups is 2. The smallest absolute Gasteiger partial charge is 0.0681 e. The fraction of sp³-hybridized carbons (Fsp3) is 0.538. The number of benzene rings is 1. The third kappa shape index (κ3) is 2.36. The van der Waals surface area contributed by atoms with Crippen LogP contribution in [0.25, 0.3) is 0 Å². The molecule has 1 aromatic rings. The van der Waals surface area contributed by atoms with E-state index >= 15 is 0 Å². The minimum Gasteiger partial charge on any atom is -0.394 e. The molecule has 0 spiro atoms. The van der Waals surface area contributed by atoms with Gasteiger partial charge in [-0.1, -0.05) is 12.1 Å². The van der Waals surface area contributed by atoms with Crippen LogP contribution in [0.1, 0.15) is 24.8 Å². The Hall–Kier alpha value is -1.06. The van der Waals surface area contributed by atoms with Crippen LogP contribution < -0.4 is 4.90 Å². The Labute approximate surface area is 96.3 Å². The van der Waals surface area contributed by atoms with Crippen LogP contribution in [0, 0.1) is 0 Å². The summed E-state index contributed by atoms with van der Waals surface area (Å²) in [5.74, 6) is 0. The molecule has 1 fully saturated rings. The van der Waals surface area contributed by atoms with Gasteiger partial charge in [-0.15, -0.1) is 0 Å². The largest absolute Gasteiger partial charge is 0.394 e. The van der Waals surface area contributed by atoms with Gasteiger partial charge in [0.1, 0.15) is 0 Å². The fourth-order valence-electron chi connectivity index (χ4n) is 2.32. The lowest BCUT2D eigenvalue weighted by Gasteiger charge is -2.36. The van der Waals surface area contributed by atoms with E-state index in [1.54, 1.807) is 0 Å². The highest BCUT2D eigenvalue weighted by Gasteiger charge is 2.21. The van der Waals surface area contributed by atoms with Crippen molar-refractivity contribution in [1.82, 2.24) is 0 Å². The molecule has 3 nitrogen and oxygen atoms in total. The maximum atomic E-state index is 9.34. The van der Waals surface area contributed by atoms with Gasteiger partial charge in [-0.05, 0) is 37.0 Å². The van der Waals surface area contributed by atoms with E-state index in [9.17, 15) is 5.11 Å².